The third-order valence-electron chi connectivity index (χ3n) is 2.13. The highest BCUT2D eigenvalue weighted by atomic mass is 79.9. The topological polar surface area (TPSA) is 46.2 Å². The minimum Gasteiger partial charge on any atom is -0.306 e. The van der Waals surface area contributed by atoms with Gasteiger partial charge in [0.15, 0.2) is 0 Å². The summed E-state index contributed by atoms with van der Waals surface area (Å²) >= 11 is 5.13. The molecule has 1 heterocycles. The molecule has 0 aliphatic carbocycles. The molecule has 1 N–H and O–H groups in total. The zero-order valence-corrected chi connectivity index (χ0v) is 12.7. The summed E-state index contributed by atoms with van der Waals surface area (Å²) < 4.78 is 23.3. The minimum atomic E-state index is -2.92. The van der Waals surface area contributed by atoms with E-state index in [1.54, 1.807) is 11.3 Å². The summed E-state index contributed by atoms with van der Waals surface area (Å²) in [5, 5.41) is 5.29. The lowest BCUT2D eigenvalue weighted by molar-refractivity contribution is 0.505. The van der Waals surface area contributed by atoms with E-state index in [1.165, 1.54) is 11.1 Å². The Morgan fingerprint density at radius 1 is 1.50 bits per heavy atom. The Morgan fingerprint density at radius 3 is 2.56 bits per heavy atom. The van der Waals surface area contributed by atoms with Crippen molar-refractivity contribution >= 4 is 37.1 Å². The van der Waals surface area contributed by atoms with E-state index in [2.05, 4.69) is 21.2 Å². The number of halogens is 1. The van der Waals surface area contributed by atoms with Crippen LogP contribution in [-0.2, 0) is 9.84 Å². The highest BCUT2D eigenvalue weighted by molar-refractivity contribution is 9.10. The second kappa shape index (κ2) is 5.62. The number of hydrogen-bond donors (Lipinski definition) is 1. The molecule has 1 aromatic rings. The molecule has 1 rings (SSSR count). The third-order valence-corrected chi connectivity index (χ3v) is 5.28. The van der Waals surface area contributed by atoms with Crippen LogP contribution in [0.5, 0.6) is 0 Å². The molecule has 2 atom stereocenters. The molecule has 2 unspecified atom stereocenters. The number of sulfone groups is 1. The highest BCUT2D eigenvalue weighted by Gasteiger charge is 2.16. The van der Waals surface area contributed by atoms with Gasteiger partial charge in [0.2, 0.25) is 0 Å². The third kappa shape index (κ3) is 4.53. The van der Waals surface area contributed by atoms with Crippen molar-refractivity contribution in [2.45, 2.75) is 25.9 Å². The van der Waals surface area contributed by atoms with E-state index in [0.29, 0.717) is 0 Å². The highest BCUT2D eigenvalue weighted by Crippen LogP contribution is 2.28. The molecule has 0 fully saturated rings. The van der Waals surface area contributed by atoms with Gasteiger partial charge in [-0.2, -0.15) is 0 Å². The molecule has 6 heteroatoms. The van der Waals surface area contributed by atoms with E-state index in [9.17, 15) is 8.42 Å². The van der Waals surface area contributed by atoms with Crippen LogP contribution in [-0.4, -0.2) is 26.5 Å². The molecule has 16 heavy (non-hydrogen) atoms. The predicted molar refractivity (Wildman–Crippen MR) is 72.7 cm³/mol. The van der Waals surface area contributed by atoms with Gasteiger partial charge >= 0.3 is 0 Å². The first kappa shape index (κ1) is 14.2. The van der Waals surface area contributed by atoms with Gasteiger partial charge in [0.1, 0.15) is 9.84 Å². The molecular formula is C10H16BrNO2S2. The van der Waals surface area contributed by atoms with Crippen molar-refractivity contribution in [1.29, 1.82) is 0 Å². The van der Waals surface area contributed by atoms with E-state index < -0.39 is 9.84 Å². The van der Waals surface area contributed by atoms with Crippen molar-refractivity contribution in [3.63, 3.8) is 0 Å². The smallest absolute Gasteiger partial charge is 0.148 e. The predicted octanol–water partition coefficient (Wildman–Crippen LogP) is 2.59. The van der Waals surface area contributed by atoms with Crippen LogP contribution in [0.25, 0.3) is 0 Å². The fraction of sp³-hybridized carbons (Fsp3) is 0.600. The van der Waals surface area contributed by atoms with Crippen LogP contribution in [0.4, 0.5) is 0 Å². The van der Waals surface area contributed by atoms with Crippen molar-refractivity contribution in [3.05, 3.63) is 20.8 Å². The second-order valence-electron chi connectivity index (χ2n) is 4.01. The number of hydrogen-bond acceptors (Lipinski definition) is 4. The second-order valence-corrected chi connectivity index (χ2v) is 8.00. The normalized spacial score (nSPS) is 16.0. The van der Waals surface area contributed by atoms with E-state index in [4.69, 9.17) is 0 Å². The maximum absolute atomic E-state index is 11.1. The van der Waals surface area contributed by atoms with Gasteiger partial charge in [-0.3, -0.25) is 0 Å². The molecule has 0 aliphatic heterocycles. The van der Waals surface area contributed by atoms with Crippen LogP contribution in [0.2, 0.25) is 0 Å². The Balaban J connectivity index is 2.59. The van der Waals surface area contributed by atoms with E-state index in [1.807, 2.05) is 25.3 Å². The van der Waals surface area contributed by atoms with Gasteiger partial charge in [0.25, 0.3) is 0 Å². The lowest BCUT2D eigenvalue weighted by Gasteiger charge is -2.18. The first-order valence-corrected chi connectivity index (χ1v) is 8.69. The average Bonchev–Trinajstić information content (AvgIpc) is 2.47. The molecule has 0 aliphatic rings. The molecule has 92 valence electrons. The summed E-state index contributed by atoms with van der Waals surface area (Å²) in [6.07, 6.45) is 1.26. The summed E-state index contributed by atoms with van der Waals surface area (Å²) in [4.78, 5) is 1.19. The standard InChI is InChI=1S/C10H16BrNO2S2/c1-7(6-16(3,13)14)12-8(2)10-9(11)4-5-15-10/h4-5,7-8,12H,6H2,1-3H3. The molecule has 0 spiro atoms. The zero-order valence-electron chi connectivity index (χ0n) is 9.53. The van der Waals surface area contributed by atoms with Gasteiger partial charge in [0, 0.05) is 27.7 Å². The number of thiophene rings is 1. The van der Waals surface area contributed by atoms with Gasteiger partial charge in [-0.05, 0) is 41.2 Å². The fourth-order valence-corrected chi connectivity index (χ4v) is 4.36. The lowest BCUT2D eigenvalue weighted by atomic mass is 10.2. The van der Waals surface area contributed by atoms with Crippen molar-refractivity contribution < 1.29 is 8.42 Å². The number of nitrogens with one attached hydrogen (secondary N) is 1. The Labute approximate surface area is 109 Å². The Morgan fingerprint density at radius 2 is 2.12 bits per heavy atom. The van der Waals surface area contributed by atoms with Gasteiger partial charge in [-0.15, -0.1) is 11.3 Å². The van der Waals surface area contributed by atoms with Crippen molar-refractivity contribution in [2.75, 3.05) is 12.0 Å². The lowest BCUT2D eigenvalue weighted by Crippen LogP contribution is -2.34. The molecule has 1 aromatic heterocycles. The van der Waals surface area contributed by atoms with Crippen molar-refractivity contribution in [3.8, 4) is 0 Å². The van der Waals surface area contributed by atoms with E-state index in [0.717, 1.165) is 4.47 Å². The first-order chi connectivity index (χ1) is 7.29. The van der Waals surface area contributed by atoms with Gasteiger partial charge in [-0.1, -0.05) is 0 Å². The van der Waals surface area contributed by atoms with Gasteiger partial charge in [-0.25, -0.2) is 8.42 Å². The summed E-state index contributed by atoms with van der Waals surface area (Å²) in [7, 11) is -2.92. The number of rotatable bonds is 5. The van der Waals surface area contributed by atoms with Gasteiger partial charge < -0.3 is 5.32 Å². The SMILES string of the molecule is CC(CS(C)(=O)=O)NC(C)c1sccc1Br. The Bertz CT molecular complexity index is 441. The Hall–Kier alpha value is 0.0900. The first-order valence-electron chi connectivity index (χ1n) is 4.96. The van der Waals surface area contributed by atoms with E-state index >= 15 is 0 Å². The quantitative estimate of drug-likeness (QED) is 0.905. The molecule has 0 saturated heterocycles. The molecule has 3 nitrogen and oxygen atoms in total. The largest absolute Gasteiger partial charge is 0.306 e. The monoisotopic (exact) mass is 325 g/mol. The van der Waals surface area contributed by atoms with Crippen LogP contribution < -0.4 is 5.32 Å². The van der Waals surface area contributed by atoms with Crippen molar-refractivity contribution in [1.82, 2.24) is 5.32 Å². The molecule has 0 aromatic carbocycles. The summed E-state index contributed by atoms with van der Waals surface area (Å²) in [6, 6.07) is 2.12. The summed E-state index contributed by atoms with van der Waals surface area (Å²) in [6.45, 7) is 3.93. The maximum Gasteiger partial charge on any atom is 0.148 e. The minimum absolute atomic E-state index is 0.0426. The van der Waals surface area contributed by atoms with E-state index in [-0.39, 0.29) is 17.8 Å². The van der Waals surface area contributed by atoms with Crippen molar-refractivity contribution in [2.24, 2.45) is 0 Å². The average molecular weight is 326 g/mol. The van der Waals surface area contributed by atoms with Gasteiger partial charge in [0.05, 0.1) is 5.75 Å². The Kier molecular flexibility index (Phi) is 4.97. The molecule has 0 radical (unpaired) electrons. The molecule has 0 bridgehead atoms. The molecular weight excluding hydrogens is 310 g/mol. The van der Waals surface area contributed by atoms with Crippen LogP contribution in [0.15, 0.2) is 15.9 Å². The maximum atomic E-state index is 11.1. The van der Waals surface area contributed by atoms with Crippen LogP contribution in [0.1, 0.15) is 24.8 Å². The van der Waals surface area contributed by atoms with Crippen LogP contribution in [0.3, 0.4) is 0 Å². The zero-order chi connectivity index (χ0) is 12.3. The fourth-order valence-electron chi connectivity index (χ4n) is 1.62. The van der Waals surface area contributed by atoms with Crippen LogP contribution >= 0.6 is 27.3 Å². The summed E-state index contributed by atoms with van der Waals surface area (Å²) in [5.74, 6) is 0.167. The molecule has 0 saturated carbocycles. The summed E-state index contributed by atoms with van der Waals surface area (Å²) in [5.41, 5.74) is 0. The molecule has 0 amide bonds. The van der Waals surface area contributed by atoms with Crippen LogP contribution in [0, 0.1) is 0 Å².